The molecule has 2 heterocycles. The summed E-state index contributed by atoms with van der Waals surface area (Å²) in [6.07, 6.45) is 3.96. The highest BCUT2D eigenvalue weighted by molar-refractivity contribution is 5.44. The molecule has 0 bridgehead atoms. The van der Waals surface area contributed by atoms with Gasteiger partial charge in [0.25, 0.3) is 0 Å². The van der Waals surface area contributed by atoms with E-state index in [1.54, 1.807) is 24.4 Å². The first-order valence-corrected chi connectivity index (χ1v) is 7.17. The van der Waals surface area contributed by atoms with Crippen molar-refractivity contribution in [3.05, 3.63) is 71.2 Å². The topological polar surface area (TPSA) is 37.5 Å². The molecular formula is C17H18F2N2O. The Bertz CT molecular complexity index is 768. The van der Waals surface area contributed by atoms with Crippen molar-refractivity contribution in [2.75, 3.05) is 0 Å². The van der Waals surface area contributed by atoms with Gasteiger partial charge >= 0.3 is 0 Å². The van der Waals surface area contributed by atoms with E-state index in [2.05, 4.69) is 4.98 Å². The molecule has 0 amide bonds. The van der Waals surface area contributed by atoms with Crippen LogP contribution >= 0.6 is 0 Å². The number of nitrogens with zero attached hydrogens (tertiary/aromatic N) is 2. The summed E-state index contributed by atoms with van der Waals surface area (Å²) in [6.45, 7) is 3.96. The molecule has 0 radical (unpaired) electrons. The number of aliphatic hydroxyl groups is 1. The van der Waals surface area contributed by atoms with E-state index in [0.717, 1.165) is 17.3 Å². The summed E-state index contributed by atoms with van der Waals surface area (Å²) in [5.41, 5.74) is 3.05. The predicted molar refractivity (Wildman–Crippen MR) is 81.6 cm³/mol. The maximum atomic E-state index is 13.2. The second-order valence-electron chi connectivity index (χ2n) is 4.60. The molecule has 0 saturated carbocycles. The van der Waals surface area contributed by atoms with Crippen LogP contribution in [0.5, 0.6) is 0 Å². The van der Waals surface area contributed by atoms with Crippen LogP contribution in [0.3, 0.4) is 0 Å². The highest BCUT2D eigenvalue weighted by Crippen LogP contribution is 2.15. The predicted octanol–water partition coefficient (Wildman–Crippen LogP) is 3.72. The lowest BCUT2D eigenvalue weighted by Gasteiger charge is -2.04. The fourth-order valence-electron chi connectivity index (χ4n) is 2.16. The third-order valence-electron chi connectivity index (χ3n) is 3.21. The Balaban J connectivity index is 0.000000847. The van der Waals surface area contributed by atoms with Crippen LogP contribution in [0.15, 0.2) is 42.7 Å². The van der Waals surface area contributed by atoms with E-state index >= 15 is 0 Å². The van der Waals surface area contributed by atoms with E-state index in [0.29, 0.717) is 17.6 Å². The van der Waals surface area contributed by atoms with Crippen LogP contribution in [-0.4, -0.2) is 14.5 Å². The SMILES string of the molecule is CC.OCc1ccn2c(Cc3ccc(F)c(F)c3)cnc2c1. The second-order valence-corrected chi connectivity index (χ2v) is 4.60. The number of aromatic nitrogens is 2. The third kappa shape index (κ3) is 3.31. The summed E-state index contributed by atoms with van der Waals surface area (Å²) in [6, 6.07) is 7.45. The molecule has 0 unspecified atom stereocenters. The number of aliphatic hydroxyl groups excluding tert-OH is 1. The van der Waals surface area contributed by atoms with Crippen molar-refractivity contribution < 1.29 is 13.9 Å². The molecule has 0 aliphatic rings. The standard InChI is InChI=1S/C15H12F2N2O.C2H6/c16-13-2-1-10(6-14(13)17)5-12-8-18-15-7-11(9-20)3-4-19(12)15;1-2/h1-4,6-8,20H,5,9H2;1-2H3. The van der Waals surface area contributed by atoms with E-state index in [4.69, 9.17) is 5.11 Å². The Labute approximate surface area is 127 Å². The van der Waals surface area contributed by atoms with Crippen LogP contribution in [0, 0.1) is 11.6 Å². The summed E-state index contributed by atoms with van der Waals surface area (Å²) >= 11 is 0. The largest absolute Gasteiger partial charge is 0.392 e. The molecule has 0 spiro atoms. The molecule has 3 aromatic rings. The van der Waals surface area contributed by atoms with Gasteiger partial charge in [-0.1, -0.05) is 19.9 Å². The minimum atomic E-state index is -0.848. The average Bonchev–Trinajstić information content (AvgIpc) is 2.95. The molecule has 3 nitrogen and oxygen atoms in total. The normalized spacial score (nSPS) is 10.4. The van der Waals surface area contributed by atoms with E-state index in [-0.39, 0.29) is 6.61 Å². The summed E-state index contributed by atoms with van der Waals surface area (Å²) < 4.78 is 28.0. The zero-order chi connectivity index (χ0) is 16.1. The van der Waals surface area contributed by atoms with Crippen LogP contribution in [0.1, 0.15) is 30.7 Å². The molecule has 3 rings (SSSR count). The van der Waals surface area contributed by atoms with E-state index < -0.39 is 11.6 Å². The summed E-state index contributed by atoms with van der Waals surface area (Å²) in [7, 11) is 0. The van der Waals surface area contributed by atoms with Crippen LogP contribution in [0.4, 0.5) is 8.78 Å². The molecule has 0 saturated heterocycles. The minimum Gasteiger partial charge on any atom is -0.392 e. The highest BCUT2D eigenvalue weighted by Gasteiger charge is 2.07. The van der Waals surface area contributed by atoms with E-state index in [9.17, 15) is 8.78 Å². The van der Waals surface area contributed by atoms with Gasteiger partial charge in [0, 0.05) is 24.5 Å². The van der Waals surface area contributed by atoms with E-state index in [1.165, 1.54) is 6.07 Å². The summed E-state index contributed by atoms with van der Waals surface area (Å²) in [5.74, 6) is -1.70. The third-order valence-corrected chi connectivity index (χ3v) is 3.21. The first-order chi connectivity index (χ1) is 10.7. The smallest absolute Gasteiger partial charge is 0.159 e. The molecule has 1 aromatic carbocycles. The molecule has 2 aromatic heterocycles. The number of fused-ring (bicyclic) bond motifs is 1. The van der Waals surface area contributed by atoms with Crippen molar-refractivity contribution in [2.24, 2.45) is 0 Å². The van der Waals surface area contributed by atoms with Crippen LogP contribution < -0.4 is 0 Å². The van der Waals surface area contributed by atoms with Gasteiger partial charge in [-0.2, -0.15) is 0 Å². The molecule has 116 valence electrons. The van der Waals surface area contributed by atoms with Gasteiger partial charge in [0.15, 0.2) is 11.6 Å². The van der Waals surface area contributed by atoms with Crippen molar-refractivity contribution >= 4 is 5.65 Å². The lowest BCUT2D eigenvalue weighted by atomic mass is 10.1. The van der Waals surface area contributed by atoms with Crippen molar-refractivity contribution in [1.29, 1.82) is 0 Å². The van der Waals surface area contributed by atoms with Gasteiger partial charge in [-0.25, -0.2) is 13.8 Å². The van der Waals surface area contributed by atoms with Gasteiger partial charge in [0.05, 0.1) is 6.61 Å². The fraction of sp³-hybridized carbons (Fsp3) is 0.235. The summed E-state index contributed by atoms with van der Waals surface area (Å²) in [4.78, 5) is 4.25. The maximum Gasteiger partial charge on any atom is 0.159 e. The van der Waals surface area contributed by atoms with Gasteiger partial charge in [-0.3, -0.25) is 0 Å². The zero-order valence-electron chi connectivity index (χ0n) is 12.6. The number of hydrogen-bond donors (Lipinski definition) is 1. The minimum absolute atomic E-state index is 0.0398. The monoisotopic (exact) mass is 304 g/mol. The Kier molecular flexibility index (Phi) is 5.22. The fourth-order valence-corrected chi connectivity index (χ4v) is 2.16. The van der Waals surface area contributed by atoms with E-state index in [1.807, 2.05) is 24.4 Å². The first kappa shape index (κ1) is 16.1. The maximum absolute atomic E-state index is 13.2. The number of rotatable bonds is 3. The van der Waals surface area contributed by atoms with Gasteiger partial charge in [-0.05, 0) is 35.4 Å². The number of pyridine rings is 1. The Morgan fingerprint density at radius 2 is 1.82 bits per heavy atom. The molecule has 22 heavy (non-hydrogen) atoms. The lowest BCUT2D eigenvalue weighted by Crippen LogP contribution is -1.97. The van der Waals surface area contributed by atoms with Gasteiger partial charge in [0.1, 0.15) is 5.65 Å². The molecular weight excluding hydrogens is 286 g/mol. The molecule has 0 fully saturated rings. The van der Waals surface area contributed by atoms with Crippen molar-refractivity contribution in [2.45, 2.75) is 26.9 Å². The molecule has 0 aliphatic carbocycles. The van der Waals surface area contributed by atoms with Crippen molar-refractivity contribution in [3.8, 4) is 0 Å². The number of imidazole rings is 1. The lowest BCUT2D eigenvalue weighted by molar-refractivity contribution is 0.282. The Hall–Kier alpha value is -2.27. The Morgan fingerprint density at radius 3 is 2.50 bits per heavy atom. The Morgan fingerprint density at radius 1 is 1.05 bits per heavy atom. The first-order valence-electron chi connectivity index (χ1n) is 7.17. The van der Waals surface area contributed by atoms with Gasteiger partial charge < -0.3 is 9.51 Å². The number of halogens is 2. The average molecular weight is 304 g/mol. The molecule has 0 atom stereocenters. The van der Waals surface area contributed by atoms with Gasteiger partial charge in [-0.15, -0.1) is 0 Å². The summed E-state index contributed by atoms with van der Waals surface area (Å²) in [5, 5.41) is 9.08. The second kappa shape index (κ2) is 7.13. The number of hydrogen-bond acceptors (Lipinski definition) is 2. The quantitative estimate of drug-likeness (QED) is 0.800. The van der Waals surface area contributed by atoms with Gasteiger partial charge in [0.2, 0.25) is 0 Å². The molecule has 5 heteroatoms. The van der Waals surface area contributed by atoms with Crippen LogP contribution in [0.2, 0.25) is 0 Å². The van der Waals surface area contributed by atoms with Crippen LogP contribution in [-0.2, 0) is 13.0 Å². The molecule has 0 aliphatic heterocycles. The molecule has 1 N–H and O–H groups in total. The van der Waals surface area contributed by atoms with Crippen LogP contribution in [0.25, 0.3) is 5.65 Å². The van der Waals surface area contributed by atoms with Crippen molar-refractivity contribution in [3.63, 3.8) is 0 Å². The van der Waals surface area contributed by atoms with Crippen molar-refractivity contribution in [1.82, 2.24) is 9.38 Å². The highest BCUT2D eigenvalue weighted by atomic mass is 19.2. The zero-order valence-corrected chi connectivity index (χ0v) is 12.6. The number of benzene rings is 1.